The number of carbonyl (C=O) groups excluding carboxylic acids is 1. The van der Waals surface area contributed by atoms with Crippen LogP contribution in [0.15, 0.2) is 72.9 Å². The number of nitrogens with one attached hydrogen (secondary N) is 1. The molecule has 0 bridgehead atoms. The minimum atomic E-state index is -4.44. The average molecular weight is 467 g/mol. The van der Waals surface area contributed by atoms with Crippen molar-refractivity contribution in [1.29, 1.82) is 0 Å². The molecule has 4 aromatic rings. The van der Waals surface area contributed by atoms with E-state index in [0.717, 1.165) is 22.7 Å². The molecule has 0 atom stereocenters. The van der Waals surface area contributed by atoms with Crippen molar-refractivity contribution in [3.63, 3.8) is 0 Å². The number of carbonyl (C=O) groups is 1. The monoisotopic (exact) mass is 467 g/mol. The van der Waals surface area contributed by atoms with Crippen molar-refractivity contribution in [3.05, 3.63) is 84.1 Å². The lowest BCUT2D eigenvalue weighted by atomic mass is 9.98. The molecule has 0 fully saturated rings. The minimum absolute atomic E-state index is 0.119. The van der Waals surface area contributed by atoms with Crippen molar-refractivity contribution in [1.82, 2.24) is 15.1 Å². The third-order valence-electron chi connectivity index (χ3n) is 5.09. The van der Waals surface area contributed by atoms with E-state index in [1.165, 1.54) is 12.1 Å². The molecule has 176 valence electrons. The molecule has 1 amide bonds. The lowest BCUT2D eigenvalue weighted by Crippen LogP contribution is -2.32. The summed E-state index contributed by atoms with van der Waals surface area (Å²) >= 11 is 0. The van der Waals surface area contributed by atoms with Gasteiger partial charge in [-0.25, -0.2) is 9.48 Å². The zero-order valence-electron chi connectivity index (χ0n) is 19.0. The van der Waals surface area contributed by atoms with Gasteiger partial charge >= 0.3 is 12.3 Å². The molecule has 0 aliphatic carbocycles. The molecule has 5 nitrogen and oxygen atoms in total. The van der Waals surface area contributed by atoms with Crippen LogP contribution in [0.4, 0.5) is 18.0 Å². The van der Waals surface area contributed by atoms with Gasteiger partial charge in [0.05, 0.1) is 16.8 Å². The Balaban J connectivity index is 1.54. The van der Waals surface area contributed by atoms with E-state index in [0.29, 0.717) is 17.6 Å². The first-order chi connectivity index (χ1) is 16.0. The number of nitrogens with zero attached hydrogens (tertiary/aromatic N) is 2. The lowest BCUT2D eigenvalue weighted by Gasteiger charge is -2.19. The van der Waals surface area contributed by atoms with Gasteiger partial charge in [-0.1, -0.05) is 42.5 Å². The fourth-order valence-electron chi connectivity index (χ4n) is 3.55. The molecular weight excluding hydrogens is 443 g/mol. The first-order valence-electron chi connectivity index (χ1n) is 10.7. The molecule has 0 saturated carbocycles. The van der Waals surface area contributed by atoms with Crippen molar-refractivity contribution in [2.24, 2.45) is 0 Å². The third-order valence-corrected chi connectivity index (χ3v) is 5.09. The van der Waals surface area contributed by atoms with Crippen molar-refractivity contribution in [2.45, 2.75) is 39.1 Å². The van der Waals surface area contributed by atoms with Crippen LogP contribution in [0.2, 0.25) is 0 Å². The van der Waals surface area contributed by atoms with E-state index < -0.39 is 23.4 Å². The van der Waals surface area contributed by atoms with Crippen LogP contribution >= 0.6 is 0 Å². The van der Waals surface area contributed by atoms with Crippen LogP contribution < -0.4 is 5.32 Å². The van der Waals surface area contributed by atoms with Gasteiger partial charge in [0.2, 0.25) is 0 Å². The van der Waals surface area contributed by atoms with E-state index in [1.54, 1.807) is 49.7 Å². The maximum Gasteiger partial charge on any atom is 0.417 e. The van der Waals surface area contributed by atoms with Crippen LogP contribution in [-0.2, 0) is 17.5 Å². The summed E-state index contributed by atoms with van der Waals surface area (Å²) in [5.41, 5.74) is 1.59. The highest BCUT2D eigenvalue weighted by atomic mass is 19.4. The fourth-order valence-corrected chi connectivity index (χ4v) is 3.55. The second kappa shape index (κ2) is 8.85. The standard InChI is InChI=1S/C26H24F3N3O2/c1-25(2,3)34-24(33)30-15-17-8-12-20(13-9-17)32-16-19-11-10-18(14-23(19)31-32)21-6-4-5-7-22(21)26(27,28)29/h4-14,16H,15H2,1-3H3,(H,30,33). The summed E-state index contributed by atoms with van der Waals surface area (Å²) in [6.07, 6.45) is -3.11. The quantitative estimate of drug-likeness (QED) is 0.362. The zero-order chi connectivity index (χ0) is 24.5. The molecular formula is C26H24F3N3O2. The Hall–Kier alpha value is -3.81. The Morgan fingerprint density at radius 3 is 2.38 bits per heavy atom. The van der Waals surface area contributed by atoms with Crippen LogP contribution in [-0.4, -0.2) is 21.5 Å². The highest BCUT2D eigenvalue weighted by Crippen LogP contribution is 2.37. The summed E-state index contributed by atoms with van der Waals surface area (Å²) in [7, 11) is 0. The molecule has 0 aliphatic rings. The molecule has 1 N–H and O–H groups in total. The summed E-state index contributed by atoms with van der Waals surface area (Å²) in [5, 5.41) is 8.07. The van der Waals surface area contributed by atoms with Gasteiger partial charge in [-0.3, -0.25) is 0 Å². The van der Waals surface area contributed by atoms with Crippen LogP contribution in [0.5, 0.6) is 0 Å². The van der Waals surface area contributed by atoms with Crippen molar-refractivity contribution >= 4 is 17.0 Å². The average Bonchev–Trinajstić information content (AvgIpc) is 3.20. The maximum absolute atomic E-state index is 13.4. The molecule has 4 rings (SSSR count). The molecule has 0 aliphatic heterocycles. The van der Waals surface area contributed by atoms with E-state index in [2.05, 4.69) is 10.4 Å². The van der Waals surface area contributed by atoms with E-state index in [-0.39, 0.29) is 5.56 Å². The summed E-state index contributed by atoms with van der Waals surface area (Å²) in [6.45, 7) is 5.71. The van der Waals surface area contributed by atoms with Gasteiger partial charge in [0.1, 0.15) is 5.60 Å². The lowest BCUT2D eigenvalue weighted by molar-refractivity contribution is -0.137. The maximum atomic E-state index is 13.4. The third kappa shape index (κ3) is 5.39. The summed E-state index contributed by atoms with van der Waals surface area (Å²) in [6, 6.07) is 18.1. The van der Waals surface area contributed by atoms with Gasteiger partial charge in [0.25, 0.3) is 0 Å². The molecule has 0 radical (unpaired) electrons. The van der Waals surface area contributed by atoms with Crippen LogP contribution in [0, 0.1) is 0 Å². The minimum Gasteiger partial charge on any atom is -0.444 e. The molecule has 0 unspecified atom stereocenters. The number of rotatable bonds is 4. The van der Waals surface area contributed by atoms with Crippen molar-refractivity contribution in [2.75, 3.05) is 0 Å². The second-order valence-electron chi connectivity index (χ2n) is 8.91. The molecule has 3 aromatic carbocycles. The van der Waals surface area contributed by atoms with E-state index in [1.807, 2.05) is 30.5 Å². The summed E-state index contributed by atoms with van der Waals surface area (Å²) < 4.78 is 47.2. The van der Waals surface area contributed by atoms with E-state index in [9.17, 15) is 18.0 Å². The van der Waals surface area contributed by atoms with Gasteiger partial charge in [-0.05, 0) is 61.7 Å². The summed E-state index contributed by atoms with van der Waals surface area (Å²) in [5.74, 6) is 0. The molecule has 0 spiro atoms. The number of halogens is 3. The van der Waals surface area contributed by atoms with Crippen LogP contribution in [0.3, 0.4) is 0 Å². The normalized spacial score (nSPS) is 12.1. The van der Waals surface area contributed by atoms with Gasteiger partial charge < -0.3 is 10.1 Å². The number of hydrogen-bond acceptors (Lipinski definition) is 3. The Morgan fingerprint density at radius 2 is 1.71 bits per heavy atom. The fraction of sp³-hybridized carbons (Fsp3) is 0.231. The number of ether oxygens (including phenoxy) is 1. The molecule has 1 heterocycles. The second-order valence-corrected chi connectivity index (χ2v) is 8.91. The highest BCUT2D eigenvalue weighted by Gasteiger charge is 2.33. The molecule has 0 saturated heterocycles. The molecule has 1 aromatic heterocycles. The number of amides is 1. The topological polar surface area (TPSA) is 56.1 Å². The van der Waals surface area contributed by atoms with Crippen molar-refractivity contribution < 1.29 is 22.7 Å². The number of hydrogen-bond donors (Lipinski definition) is 1. The van der Waals surface area contributed by atoms with Gasteiger partial charge in [0, 0.05) is 18.1 Å². The smallest absolute Gasteiger partial charge is 0.417 e. The first-order valence-corrected chi connectivity index (χ1v) is 10.7. The molecule has 8 heteroatoms. The van der Waals surface area contributed by atoms with E-state index in [4.69, 9.17) is 4.74 Å². The Morgan fingerprint density at radius 1 is 1.00 bits per heavy atom. The molecule has 34 heavy (non-hydrogen) atoms. The SMILES string of the molecule is CC(C)(C)OC(=O)NCc1ccc(-n2cc3ccc(-c4ccccc4C(F)(F)F)cc3n2)cc1. The Bertz CT molecular complexity index is 1320. The Labute approximate surface area is 195 Å². The first kappa shape index (κ1) is 23.4. The van der Waals surface area contributed by atoms with Gasteiger partial charge in [0.15, 0.2) is 0 Å². The van der Waals surface area contributed by atoms with Gasteiger partial charge in [-0.2, -0.15) is 18.3 Å². The predicted molar refractivity (Wildman–Crippen MR) is 125 cm³/mol. The highest BCUT2D eigenvalue weighted by molar-refractivity contribution is 5.85. The number of aromatic nitrogens is 2. The van der Waals surface area contributed by atoms with Crippen LogP contribution in [0.1, 0.15) is 31.9 Å². The van der Waals surface area contributed by atoms with Crippen molar-refractivity contribution in [3.8, 4) is 16.8 Å². The Kier molecular flexibility index (Phi) is 6.08. The summed E-state index contributed by atoms with van der Waals surface area (Å²) in [4.78, 5) is 11.8. The van der Waals surface area contributed by atoms with Crippen LogP contribution in [0.25, 0.3) is 27.7 Å². The number of benzene rings is 3. The number of alkyl carbamates (subject to hydrolysis) is 1. The van der Waals surface area contributed by atoms with E-state index >= 15 is 0 Å². The zero-order valence-corrected chi connectivity index (χ0v) is 19.0. The largest absolute Gasteiger partial charge is 0.444 e. The predicted octanol–water partition coefficient (Wildman–Crippen LogP) is 6.74. The number of fused-ring (bicyclic) bond motifs is 1. The number of alkyl halides is 3. The van der Waals surface area contributed by atoms with Gasteiger partial charge in [-0.15, -0.1) is 0 Å².